The van der Waals surface area contributed by atoms with E-state index in [1.165, 1.54) is 6.07 Å². The zero-order chi connectivity index (χ0) is 22.5. The Hall–Kier alpha value is -3.49. The number of nitrogens with zero attached hydrogens (tertiary/aromatic N) is 1. The van der Waals surface area contributed by atoms with Gasteiger partial charge in [0.1, 0.15) is 5.70 Å². The van der Waals surface area contributed by atoms with E-state index in [0.717, 1.165) is 4.31 Å². The van der Waals surface area contributed by atoms with Gasteiger partial charge in [0.2, 0.25) is 6.79 Å². The van der Waals surface area contributed by atoms with Crippen molar-refractivity contribution in [2.75, 3.05) is 6.79 Å². The van der Waals surface area contributed by atoms with Crippen molar-refractivity contribution in [3.63, 3.8) is 0 Å². The van der Waals surface area contributed by atoms with Gasteiger partial charge in [-0.1, -0.05) is 54.1 Å². The molecule has 0 saturated heterocycles. The number of hydrogen-bond donors (Lipinski definition) is 1. The first kappa shape index (κ1) is 20.4. The Labute approximate surface area is 189 Å². The monoisotopic (exact) mass is 469 g/mol. The lowest BCUT2D eigenvalue weighted by Crippen LogP contribution is -2.37. The molecule has 0 amide bonds. The molecular formula is C23H16ClNO6S. The molecule has 0 atom stereocenters. The van der Waals surface area contributed by atoms with E-state index in [4.69, 9.17) is 21.1 Å². The van der Waals surface area contributed by atoms with Gasteiger partial charge in [0.05, 0.1) is 11.4 Å². The highest BCUT2D eigenvalue weighted by atomic mass is 35.5. The molecule has 3 aromatic carbocycles. The number of carboxylic acids is 1. The summed E-state index contributed by atoms with van der Waals surface area (Å²) in [5, 5.41) is 10.5. The topological polar surface area (TPSA) is 93.1 Å². The minimum Gasteiger partial charge on any atom is -0.477 e. The van der Waals surface area contributed by atoms with Gasteiger partial charge < -0.3 is 14.6 Å². The number of fused-ring (bicyclic) bond motifs is 2. The van der Waals surface area contributed by atoms with E-state index < -0.39 is 16.0 Å². The van der Waals surface area contributed by atoms with Gasteiger partial charge >= 0.3 is 5.97 Å². The highest BCUT2D eigenvalue weighted by Crippen LogP contribution is 2.44. The summed E-state index contributed by atoms with van der Waals surface area (Å²) in [6.45, 7) is -0.167. The molecule has 0 saturated carbocycles. The van der Waals surface area contributed by atoms with Crippen LogP contribution < -0.4 is 9.47 Å². The number of carbonyl (C=O) groups is 1. The van der Waals surface area contributed by atoms with Crippen LogP contribution in [0, 0.1) is 0 Å². The molecule has 2 aliphatic heterocycles. The number of rotatable bonds is 4. The number of sulfonamides is 1. The van der Waals surface area contributed by atoms with Gasteiger partial charge in [0, 0.05) is 16.2 Å². The van der Waals surface area contributed by atoms with Crippen molar-refractivity contribution in [1.82, 2.24) is 4.31 Å². The molecule has 1 N–H and O–H groups in total. The lowest BCUT2D eigenvalue weighted by molar-refractivity contribution is -0.133. The Morgan fingerprint density at radius 2 is 1.72 bits per heavy atom. The smallest absolute Gasteiger partial charge is 0.353 e. The highest BCUT2D eigenvalue weighted by Gasteiger charge is 2.40. The van der Waals surface area contributed by atoms with E-state index in [9.17, 15) is 18.3 Å². The first-order valence-electron chi connectivity index (χ1n) is 9.61. The van der Waals surface area contributed by atoms with Crippen LogP contribution in [0.4, 0.5) is 0 Å². The minimum absolute atomic E-state index is 0.0183. The second-order valence-corrected chi connectivity index (χ2v) is 9.43. The molecule has 5 rings (SSSR count). The molecule has 0 unspecified atom stereocenters. The van der Waals surface area contributed by atoms with Gasteiger partial charge in [0.25, 0.3) is 10.0 Å². The van der Waals surface area contributed by atoms with Crippen LogP contribution in [0.3, 0.4) is 0 Å². The lowest BCUT2D eigenvalue weighted by atomic mass is 9.94. The number of halogens is 1. The maximum absolute atomic E-state index is 13.5. The molecule has 162 valence electrons. The Balaban J connectivity index is 1.79. The third-order valence-electron chi connectivity index (χ3n) is 5.35. The van der Waals surface area contributed by atoms with E-state index in [1.54, 1.807) is 60.7 Å². The molecule has 2 heterocycles. The van der Waals surface area contributed by atoms with Gasteiger partial charge in [-0.15, -0.1) is 0 Å². The maximum Gasteiger partial charge on any atom is 0.353 e. The molecule has 3 aromatic rings. The normalized spacial score (nSPS) is 16.1. The highest BCUT2D eigenvalue weighted by molar-refractivity contribution is 7.89. The summed E-state index contributed by atoms with van der Waals surface area (Å²) in [5.74, 6) is -0.373. The van der Waals surface area contributed by atoms with E-state index >= 15 is 0 Å². The summed E-state index contributed by atoms with van der Waals surface area (Å²) in [5.41, 5.74) is 1.20. The average molecular weight is 470 g/mol. The summed E-state index contributed by atoms with van der Waals surface area (Å²) < 4.78 is 38.8. The number of carboxylic acid groups (broad SMARTS) is 1. The first-order valence-corrected chi connectivity index (χ1v) is 11.4. The Morgan fingerprint density at radius 1 is 1.00 bits per heavy atom. The van der Waals surface area contributed by atoms with Crippen molar-refractivity contribution in [2.45, 2.75) is 11.4 Å². The lowest BCUT2D eigenvalue weighted by Gasteiger charge is -2.33. The molecule has 0 aromatic heterocycles. The predicted molar refractivity (Wildman–Crippen MR) is 117 cm³/mol. The number of hydrogen-bond acceptors (Lipinski definition) is 5. The Bertz CT molecular complexity index is 1400. The largest absolute Gasteiger partial charge is 0.477 e. The molecule has 0 bridgehead atoms. The van der Waals surface area contributed by atoms with Gasteiger partial charge in [-0.25, -0.2) is 13.2 Å². The quantitative estimate of drug-likeness (QED) is 0.618. The van der Waals surface area contributed by atoms with Crippen LogP contribution in [0.15, 0.2) is 77.3 Å². The standard InChI is InChI=1S/C23H16ClNO6S/c24-17-7-3-1-5-15(17)12-25-22(23(26)27)21(14-9-10-18-19(11-14)31-13-30-18)16-6-2-4-8-20(16)32(25,28)29/h1-11H,12-13H2,(H,26,27). The van der Waals surface area contributed by atoms with Crippen LogP contribution in [-0.4, -0.2) is 30.6 Å². The second-order valence-electron chi connectivity index (χ2n) is 7.20. The van der Waals surface area contributed by atoms with Crippen LogP contribution in [0.25, 0.3) is 5.57 Å². The van der Waals surface area contributed by atoms with Crippen LogP contribution >= 0.6 is 11.6 Å². The van der Waals surface area contributed by atoms with E-state index in [0.29, 0.717) is 33.2 Å². The molecule has 7 nitrogen and oxygen atoms in total. The van der Waals surface area contributed by atoms with E-state index in [1.807, 2.05) is 0 Å². The van der Waals surface area contributed by atoms with Crippen molar-refractivity contribution < 1.29 is 27.8 Å². The molecule has 2 aliphatic rings. The van der Waals surface area contributed by atoms with Crippen molar-refractivity contribution in [1.29, 1.82) is 0 Å². The molecular weight excluding hydrogens is 454 g/mol. The van der Waals surface area contributed by atoms with Crippen molar-refractivity contribution in [3.8, 4) is 11.5 Å². The molecule has 32 heavy (non-hydrogen) atoms. The fourth-order valence-electron chi connectivity index (χ4n) is 3.89. The maximum atomic E-state index is 13.5. The molecule has 0 spiro atoms. The fraction of sp³-hybridized carbons (Fsp3) is 0.0870. The summed E-state index contributed by atoms with van der Waals surface area (Å²) in [6, 6.07) is 18.1. The van der Waals surface area contributed by atoms with Crippen LogP contribution in [0.1, 0.15) is 16.7 Å². The van der Waals surface area contributed by atoms with Crippen LogP contribution in [0.2, 0.25) is 5.02 Å². The summed E-state index contributed by atoms with van der Waals surface area (Å²) >= 11 is 6.27. The molecule has 0 fully saturated rings. The van der Waals surface area contributed by atoms with Gasteiger partial charge in [-0.2, -0.15) is 0 Å². The zero-order valence-electron chi connectivity index (χ0n) is 16.5. The number of aliphatic carboxylic acids is 1. The Kier molecular flexibility index (Phi) is 4.83. The number of benzene rings is 3. The Morgan fingerprint density at radius 3 is 2.50 bits per heavy atom. The summed E-state index contributed by atoms with van der Waals surface area (Å²) in [6.07, 6.45) is 0. The first-order chi connectivity index (χ1) is 15.4. The van der Waals surface area contributed by atoms with Gasteiger partial charge in [0.15, 0.2) is 11.5 Å². The van der Waals surface area contributed by atoms with E-state index in [-0.39, 0.29) is 29.5 Å². The number of ether oxygens (including phenoxy) is 2. The van der Waals surface area contributed by atoms with Crippen molar-refractivity contribution >= 4 is 33.2 Å². The predicted octanol–water partition coefficient (Wildman–Crippen LogP) is 4.12. The average Bonchev–Trinajstić information content (AvgIpc) is 3.24. The second kappa shape index (κ2) is 7.58. The molecule has 9 heteroatoms. The van der Waals surface area contributed by atoms with Crippen molar-refractivity contribution in [2.24, 2.45) is 0 Å². The third kappa shape index (κ3) is 3.19. The third-order valence-corrected chi connectivity index (χ3v) is 7.52. The summed E-state index contributed by atoms with van der Waals surface area (Å²) in [4.78, 5) is 12.5. The van der Waals surface area contributed by atoms with Crippen LogP contribution in [-0.2, 0) is 21.4 Å². The SMILES string of the molecule is O=C(O)C1=C(c2ccc3c(c2)OCO3)c2ccccc2S(=O)(=O)N1Cc1ccccc1Cl. The van der Waals surface area contributed by atoms with Crippen LogP contribution in [0.5, 0.6) is 11.5 Å². The van der Waals surface area contributed by atoms with E-state index in [2.05, 4.69) is 0 Å². The van der Waals surface area contributed by atoms with Gasteiger partial charge in [-0.3, -0.25) is 4.31 Å². The van der Waals surface area contributed by atoms with Crippen molar-refractivity contribution in [3.05, 3.63) is 94.1 Å². The molecule has 0 aliphatic carbocycles. The van der Waals surface area contributed by atoms with Gasteiger partial charge in [-0.05, 0) is 35.4 Å². The minimum atomic E-state index is -4.16. The zero-order valence-corrected chi connectivity index (χ0v) is 18.1. The molecule has 0 radical (unpaired) electrons. The summed E-state index contributed by atoms with van der Waals surface area (Å²) in [7, 11) is -4.16. The fourth-order valence-corrected chi connectivity index (χ4v) is 5.74.